The van der Waals surface area contributed by atoms with Gasteiger partial charge in [-0.1, -0.05) is 30.3 Å². The Kier molecular flexibility index (Phi) is 5.81. The van der Waals surface area contributed by atoms with Crippen molar-refractivity contribution < 1.29 is 5.11 Å². The van der Waals surface area contributed by atoms with Gasteiger partial charge < -0.3 is 10.4 Å². The molecule has 146 valence electrons. The van der Waals surface area contributed by atoms with Crippen molar-refractivity contribution in [2.45, 2.75) is 19.3 Å². The number of aromatic nitrogens is 4. The van der Waals surface area contributed by atoms with Crippen LogP contribution in [0, 0.1) is 0 Å². The molecule has 0 saturated heterocycles. The molecule has 0 aliphatic carbocycles. The van der Waals surface area contributed by atoms with E-state index in [1.165, 1.54) is 5.56 Å². The maximum absolute atomic E-state index is 10.3. The summed E-state index contributed by atoms with van der Waals surface area (Å²) in [6.07, 6.45) is 6.77. The summed E-state index contributed by atoms with van der Waals surface area (Å²) in [5.74, 6) is 1.45. The molecule has 6 heteroatoms. The summed E-state index contributed by atoms with van der Waals surface area (Å²) in [6.45, 7) is 0.789. The SMILES string of the molecule is Oc1ccccc1-c1nnc(NCCCCc2ccncc2)n1-c1ccccc1. The second-order valence-corrected chi connectivity index (χ2v) is 6.77. The smallest absolute Gasteiger partial charge is 0.229 e. The van der Waals surface area contributed by atoms with Crippen molar-refractivity contribution in [3.63, 3.8) is 0 Å². The number of nitrogens with zero attached hydrogens (tertiary/aromatic N) is 4. The van der Waals surface area contributed by atoms with Crippen molar-refractivity contribution in [1.82, 2.24) is 19.7 Å². The third-order valence-corrected chi connectivity index (χ3v) is 4.75. The number of phenols is 1. The summed E-state index contributed by atoms with van der Waals surface area (Å²) in [7, 11) is 0. The number of rotatable bonds is 8. The summed E-state index contributed by atoms with van der Waals surface area (Å²) in [6, 6.07) is 21.2. The molecular weight excluding hydrogens is 362 g/mol. The Bertz CT molecular complexity index is 1050. The fraction of sp³-hybridized carbons (Fsp3) is 0.174. The lowest BCUT2D eigenvalue weighted by molar-refractivity contribution is 0.476. The molecule has 0 saturated carbocycles. The number of phenolic OH excluding ortho intramolecular Hbond substituents is 1. The molecular formula is C23H23N5O. The molecule has 0 unspecified atom stereocenters. The number of pyridine rings is 1. The lowest BCUT2D eigenvalue weighted by Crippen LogP contribution is -2.09. The van der Waals surface area contributed by atoms with Gasteiger partial charge in [-0.05, 0) is 61.2 Å². The van der Waals surface area contributed by atoms with Crippen LogP contribution < -0.4 is 5.32 Å². The van der Waals surface area contributed by atoms with E-state index < -0.39 is 0 Å². The zero-order valence-corrected chi connectivity index (χ0v) is 16.1. The third kappa shape index (κ3) is 4.43. The fourth-order valence-electron chi connectivity index (χ4n) is 3.26. The quantitative estimate of drug-likeness (QED) is 0.438. The van der Waals surface area contributed by atoms with Crippen LogP contribution in [0.25, 0.3) is 17.1 Å². The summed E-state index contributed by atoms with van der Waals surface area (Å²) < 4.78 is 1.94. The molecule has 0 spiro atoms. The molecule has 6 nitrogen and oxygen atoms in total. The average Bonchev–Trinajstić information content (AvgIpc) is 3.19. The third-order valence-electron chi connectivity index (χ3n) is 4.75. The minimum Gasteiger partial charge on any atom is -0.507 e. The maximum Gasteiger partial charge on any atom is 0.229 e. The molecule has 0 aliphatic heterocycles. The highest BCUT2D eigenvalue weighted by atomic mass is 16.3. The van der Waals surface area contributed by atoms with Crippen LogP contribution in [-0.4, -0.2) is 31.4 Å². The molecule has 2 heterocycles. The van der Waals surface area contributed by atoms with Crippen LogP contribution in [-0.2, 0) is 6.42 Å². The lowest BCUT2D eigenvalue weighted by atomic mass is 10.1. The van der Waals surface area contributed by atoms with Gasteiger partial charge in [-0.2, -0.15) is 0 Å². The van der Waals surface area contributed by atoms with Gasteiger partial charge in [0.15, 0.2) is 5.82 Å². The Morgan fingerprint density at radius 1 is 0.828 bits per heavy atom. The number of aromatic hydroxyl groups is 1. The fourth-order valence-corrected chi connectivity index (χ4v) is 3.26. The van der Waals surface area contributed by atoms with Crippen LogP contribution in [0.4, 0.5) is 5.95 Å². The van der Waals surface area contributed by atoms with Crippen LogP contribution in [0.2, 0.25) is 0 Å². The van der Waals surface area contributed by atoms with E-state index in [0.29, 0.717) is 17.3 Å². The molecule has 4 rings (SSSR count). The summed E-state index contributed by atoms with van der Waals surface area (Å²) >= 11 is 0. The van der Waals surface area contributed by atoms with Crippen molar-refractivity contribution in [2.24, 2.45) is 0 Å². The van der Waals surface area contributed by atoms with Gasteiger partial charge in [-0.25, -0.2) is 0 Å². The normalized spacial score (nSPS) is 10.8. The first-order chi connectivity index (χ1) is 14.3. The summed E-state index contributed by atoms with van der Waals surface area (Å²) in [4.78, 5) is 4.05. The van der Waals surface area contributed by atoms with E-state index in [4.69, 9.17) is 0 Å². The van der Waals surface area contributed by atoms with Crippen LogP contribution in [0.5, 0.6) is 5.75 Å². The minimum atomic E-state index is 0.181. The molecule has 0 radical (unpaired) electrons. The second-order valence-electron chi connectivity index (χ2n) is 6.77. The maximum atomic E-state index is 10.3. The van der Waals surface area contributed by atoms with Crippen LogP contribution >= 0.6 is 0 Å². The van der Waals surface area contributed by atoms with Crippen molar-refractivity contribution in [3.05, 3.63) is 84.7 Å². The highest BCUT2D eigenvalue weighted by molar-refractivity contribution is 5.67. The summed E-state index contributed by atoms with van der Waals surface area (Å²) in [5.41, 5.74) is 2.89. The number of anilines is 1. The zero-order chi connectivity index (χ0) is 19.9. The molecule has 29 heavy (non-hydrogen) atoms. The first-order valence-corrected chi connectivity index (χ1v) is 9.75. The van der Waals surface area contributed by atoms with Gasteiger partial charge in [0.25, 0.3) is 0 Å². The highest BCUT2D eigenvalue weighted by Gasteiger charge is 2.17. The average molecular weight is 385 g/mol. The number of nitrogens with one attached hydrogen (secondary N) is 1. The molecule has 2 aromatic carbocycles. The Labute approximate surface area is 169 Å². The predicted octanol–water partition coefficient (Wildman–Crippen LogP) is 4.47. The van der Waals surface area contributed by atoms with Crippen LogP contribution in [0.1, 0.15) is 18.4 Å². The highest BCUT2D eigenvalue weighted by Crippen LogP contribution is 2.31. The first kappa shape index (κ1) is 18.7. The summed E-state index contributed by atoms with van der Waals surface area (Å²) in [5, 5.41) is 22.4. The van der Waals surface area contributed by atoms with E-state index in [0.717, 1.165) is 31.5 Å². The zero-order valence-electron chi connectivity index (χ0n) is 16.1. The van der Waals surface area contributed by atoms with E-state index in [2.05, 4.69) is 32.6 Å². The van der Waals surface area contributed by atoms with Crippen molar-refractivity contribution >= 4 is 5.95 Å². The molecule has 0 atom stereocenters. The topological polar surface area (TPSA) is 75.9 Å². The van der Waals surface area contributed by atoms with Crippen molar-refractivity contribution in [2.75, 3.05) is 11.9 Å². The second kappa shape index (κ2) is 9.01. The molecule has 0 amide bonds. The van der Waals surface area contributed by atoms with E-state index in [1.54, 1.807) is 12.1 Å². The van der Waals surface area contributed by atoms with Crippen molar-refractivity contribution in [3.8, 4) is 22.8 Å². The van der Waals surface area contributed by atoms with E-state index in [9.17, 15) is 5.11 Å². The number of hydrogen-bond acceptors (Lipinski definition) is 5. The lowest BCUT2D eigenvalue weighted by Gasteiger charge is -2.12. The molecule has 2 aromatic heterocycles. The van der Waals surface area contributed by atoms with Crippen LogP contribution in [0.15, 0.2) is 79.1 Å². The number of para-hydroxylation sites is 2. The van der Waals surface area contributed by atoms with Gasteiger partial charge in [0.1, 0.15) is 5.75 Å². The van der Waals surface area contributed by atoms with Crippen molar-refractivity contribution in [1.29, 1.82) is 0 Å². The Hall–Kier alpha value is -3.67. The van der Waals surface area contributed by atoms with Gasteiger partial charge in [-0.15, -0.1) is 10.2 Å². The van der Waals surface area contributed by atoms with E-state index in [-0.39, 0.29) is 5.75 Å². The van der Waals surface area contributed by atoms with Gasteiger partial charge in [0, 0.05) is 18.9 Å². The standard InChI is InChI=1S/C23H23N5O/c29-21-12-5-4-11-20(21)22-26-27-23(28(22)19-9-2-1-3-10-19)25-15-7-6-8-18-13-16-24-17-14-18/h1-5,9-14,16-17,29H,6-8,15H2,(H,25,27). The molecule has 0 bridgehead atoms. The Morgan fingerprint density at radius 3 is 2.38 bits per heavy atom. The number of benzene rings is 2. The number of aryl methyl sites for hydroxylation is 1. The minimum absolute atomic E-state index is 0.181. The number of unbranched alkanes of at least 4 members (excludes halogenated alkanes) is 1. The van der Waals surface area contributed by atoms with Gasteiger partial charge in [-0.3, -0.25) is 9.55 Å². The van der Waals surface area contributed by atoms with E-state index >= 15 is 0 Å². The van der Waals surface area contributed by atoms with Gasteiger partial charge in [0.05, 0.1) is 11.3 Å². The molecule has 2 N–H and O–H groups in total. The van der Waals surface area contributed by atoms with Gasteiger partial charge in [0.2, 0.25) is 5.95 Å². The Balaban J connectivity index is 1.50. The first-order valence-electron chi connectivity index (χ1n) is 9.75. The predicted molar refractivity (Wildman–Crippen MR) is 114 cm³/mol. The molecule has 4 aromatic rings. The molecule has 0 aliphatic rings. The monoisotopic (exact) mass is 385 g/mol. The van der Waals surface area contributed by atoms with E-state index in [1.807, 2.05) is 59.4 Å². The number of hydrogen-bond donors (Lipinski definition) is 2. The van der Waals surface area contributed by atoms with Gasteiger partial charge >= 0.3 is 0 Å². The Morgan fingerprint density at radius 2 is 1.59 bits per heavy atom. The largest absolute Gasteiger partial charge is 0.507 e. The van der Waals surface area contributed by atoms with Crippen LogP contribution in [0.3, 0.4) is 0 Å². The molecule has 0 fully saturated rings.